The molecule has 2 aromatic heterocycles. The van der Waals surface area contributed by atoms with Gasteiger partial charge in [-0.1, -0.05) is 35.0 Å². The van der Waals surface area contributed by atoms with Crippen LogP contribution in [0.15, 0.2) is 59.4 Å². The van der Waals surface area contributed by atoms with E-state index in [1.807, 2.05) is 24.3 Å². The van der Waals surface area contributed by atoms with Crippen molar-refractivity contribution in [3.05, 3.63) is 71.3 Å². The number of carbonyl (C=O) groups is 1. The average molecular weight is 425 g/mol. The number of rotatable bonds is 8. The third-order valence-electron chi connectivity index (χ3n) is 4.15. The molecule has 2 N–H and O–H groups in total. The molecule has 1 amide bonds. The molecular weight excluding hydrogens is 408 g/mol. The van der Waals surface area contributed by atoms with Gasteiger partial charge in [-0.25, -0.2) is 4.98 Å². The molecule has 4 rings (SSSR count). The minimum Gasteiger partial charge on any atom is -0.489 e. The standard InChI is InChI=1S/C20H17ClN6O3/c21-16-4-2-1-3-13(16)11-29-15-7-5-14(6-8-15)24-17(28)9-10-18-25-20(27-30-18)19-22-12-23-26-19/h1-8,12H,9-11H2,(H,24,28)(H,22,23,26). The number of nitrogens with zero attached hydrogens (tertiary/aromatic N) is 4. The summed E-state index contributed by atoms with van der Waals surface area (Å²) >= 11 is 6.12. The lowest BCUT2D eigenvalue weighted by Gasteiger charge is -2.09. The van der Waals surface area contributed by atoms with Crippen molar-refractivity contribution >= 4 is 23.2 Å². The van der Waals surface area contributed by atoms with E-state index in [-0.39, 0.29) is 12.3 Å². The molecule has 9 nitrogen and oxygen atoms in total. The zero-order chi connectivity index (χ0) is 20.8. The first-order chi connectivity index (χ1) is 14.7. The van der Waals surface area contributed by atoms with Gasteiger partial charge in [-0.3, -0.25) is 9.89 Å². The second kappa shape index (κ2) is 9.19. The van der Waals surface area contributed by atoms with Gasteiger partial charge in [-0.2, -0.15) is 10.1 Å². The largest absolute Gasteiger partial charge is 0.489 e. The van der Waals surface area contributed by atoms with Crippen molar-refractivity contribution in [2.24, 2.45) is 0 Å². The molecule has 0 spiro atoms. The Morgan fingerprint density at radius 2 is 2.00 bits per heavy atom. The van der Waals surface area contributed by atoms with Crippen LogP contribution in [0, 0.1) is 0 Å². The number of anilines is 1. The Kier molecular flexibility index (Phi) is 6.00. The monoisotopic (exact) mass is 424 g/mol. The summed E-state index contributed by atoms with van der Waals surface area (Å²) in [5.74, 6) is 1.57. The lowest BCUT2D eigenvalue weighted by molar-refractivity contribution is -0.116. The summed E-state index contributed by atoms with van der Waals surface area (Å²) in [6.45, 7) is 0.367. The maximum atomic E-state index is 12.2. The van der Waals surface area contributed by atoms with Crippen LogP contribution in [0.5, 0.6) is 5.75 Å². The Morgan fingerprint density at radius 3 is 2.77 bits per heavy atom. The van der Waals surface area contributed by atoms with Crippen LogP contribution >= 0.6 is 11.6 Å². The number of ether oxygens (including phenoxy) is 1. The van der Waals surface area contributed by atoms with E-state index >= 15 is 0 Å². The fraction of sp³-hybridized carbons (Fsp3) is 0.150. The van der Waals surface area contributed by atoms with Crippen LogP contribution in [0.1, 0.15) is 17.9 Å². The lowest BCUT2D eigenvalue weighted by atomic mass is 10.2. The second-order valence-corrected chi connectivity index (χ2v) is 6.71. The van der Waals surface area contributed by atoms with Crippen molar-refractivity contribution in [1.82, 2.24) is 25.3 Å². The van der Waals surface area contributed by atoms with Gasteiger partial charge < -0.3 is 14.6 Å². The van der Waals surface area contributed by atoms with Crippen LogP contribution in [-0.4, -0.2) is 31.2 Å². The highest BCUT2D eigenvalue weighted by Crippen LogP contribution is 2.20. The number of hydrogen-bond acceptors (Lipinski definition) is 7. The van der Waals surface area contributed by atoms with Crippen molar-refractivity contribution in [3.63, 3.8) is 0 Å². The normalized spacial score (nSPS) is 10.7. The Morgan fingerprint density at radius 1 is 1.17 bits per heavy atom. The molecule has 0 aliphatic heterocycles. The van der Waals surface area contributed by atoms with Gasteiger partial charge in [-0.15, -0.1) is 0 Å². The van der Waals surface area contributed by atoms with E-state index in [0.717, 1.165) is 5.56 Å². The molecule has 152 valence electrons. The van der Waals surface area contributed by atoms with E-state index in [0.29, 0.717) is 47.0 Å². The molecule has 0 radical (unpaired) electrons. The summed E-state index contributed by atoms with van der Waals surface area (Å²) in [5.41, 5.74) is 1.57. The molecule has 0 saturated heterocycles. The van der Waals surface area contributed by atoms with Gasteiger partial charge in [0.05, 0.1) is 0 Å². The molecule has 0 fully saturated rings. The van der Waals surface area contributed by atoms with E-state index in [4.69, 9.17) is 20.9 Å². The van der Waals surface area contributed by atoms with Crippen molar-refractivity contribution in [1.29, 1.82) is 0 Å². The molecule has 0 unspecified atom stereocenters. The van der Waals surface area contributed by atoms with E-state index in [1.54, 1.807) is 24.3 Å². The predicted octanol–water partition coefficient (Wildman–Crippen LogP) is 3.66. The second-order valence-electron chi connectivity index (χ2n) is 6.30. The SMILES string of the molecule is O=C(CCc1nc(-c2ncn[nH]2)no1)Nc1ccc(OCc2ccccc2Cl)cc1. The first-order valence-electron chi connectivity index (χ1n) is 9.12. The fourth-order valence-electron chi connectivity index (χ4n) is 2.62. The van der Waals surface area contributed by atoms with Crippen LogP contribution in [0.3, 0.4) is 0 Å². The van der Waals surface area contributed by atoms with Crippen LogP contribution in [-0.2, 0) is 17.8 Å². The molecule has 0 atom stereocenters. The Hall–Kier alpha value is -3.72. The number of hydrogen-bond donors (Lipinski definition) is 2. The molecule has 10 heteroatoms. The number of aromatic amines is 1. The number of benzene rings is 2. The van der Waals surface area contributed by atoms with Gasteiger partial charge >= 0.3 is 0 Å². The molecule has 0 bridgehead atoms. The molecule has 4 aromatic rings. The lowest BCUT2D eigenvalue weighted by Crippen LogP contribution is -2.12. The zero-order valence-electron chi connectivity index (χ0n) is 15.7. The first-order valence-corrected chi connectivity index (χ1v) is 9.49. The smallest absolute Gasteiger partial charge is 0.239 e. The quantitative estimate of drug-likeness (QED) is 0.443. The molecular formula is C20H17ClN6O3. The minimum absolute atomic E-state index is 0.167. The third-order valence-corrected chi connectivity index (χ3v) is 4.52. The van der Waals surface area contributed by atoms with Crippen LogP contribution < -0.4 is 10.1 Å². The molecule has 2 heterocycles. The van der Waals surface area contributed by atoms with E-state index < -0.39 is 0 Å². The number of carbonyl (C=O) groups excluding carboxylic acids is 1. The van der Waals surface area contributed by atoms with Crippen LogP contribution in [0.2, 0.25) is 5.02 Å². The van der Waals surface area contributed by atoms with E-state index in [1.165, 1.54) is 6.33 Å². The minimum atomic E-state index is -0.167. The molecule has 0 saturated carbocycles. The summed E-state index contributed by atoms with van der Waals surface area (Å²) in [4.78, 5) is 20.3. The maximum Gasteiger partial charge on any atom is 0.239 e. The number of nitrogens with one attached hydrogen (secondary N) is 2. The molecule has 0 aliphatic rings. The van der Waals surface area contributed by atoms with Crippen LogP contribution in [0.4, 0.5) is 5.69 Å². The van der Waals surface area contributed by atoms with E-state index in [2.05, 4.69) is 30.6 Å². The van der Waals surface area contributed by atoms with Gasteiger partial charge in [0.1, 0.15) is 18.7 Å². The topological polar surface area (TPSA) is 119 Å². The molecule has 0 aliphatic carbocycles. The number of aromatic nitrogens is 5. The zero-order valence-corrected chi connectivity index (χ0v) is 16.5. The Bertz CT molecular complexity index is 1110. The molecule has 2 aromatic carbocycles. The Labute approximate surface area is 176 Å². The van der Waals surface area contributed by atoms with Crippen molar-refractivity contribution in [2.45, 2.75) is 19.4 Å². The van der Waals surface area contributed by atoms with Gasteiger partial charge in [0.15, 0.2) is 5.82 Å². The number of halogens is 1. The summed E-state index contributed by atoms with van der Waals surface area (Å²) in [6.07, 6.45) is 1.86. The van der Waals surface area contributed by atoms with Gasteiger partial charge in [0, 0.05) is 29.1 Å². The number of aryl methyl sites for hydroxylation is 1. The summed E-state index contributed by atoms with van der Waals surface area (Å²) < 4.78 is 10.9. The Balaban J connectivity index is 1.25. The highest BCUT2D eigenvalue weighted by atomic mass is 35.5. The predicted molar refractivity (Wildman–Crippen MR) is 109 cm³/mol. The molecule has 30 heavy (non-hydrogen) atoms. The highest BCUT2D eigenvalue weighted by Gasteiger charge is 2.12. The van der Waals surface area contributed by atoms with Gasteiger partial charge in [0.2, 0.25) is 17.6 Å². The van der Waals surface area contributed by atoms with Crippen LogP contribution in [0.25, 0.3) is 11.6 Å². The maximum absolute atomic E-state index is 12.2. The summed E-state index contributed by atoms with van der Waals surface area (Å²) in [5, 5.41) is 13.7. The van der Waals surface area contributed by atoms with E-state index in [9.17, 15) is 4.79 Å². The first kappa shape index (κ1) is 19.6. The summed E-state index contributed by atoms with van der Waals surface area (Å²) in [6, 6.07) is 14.6. The number of amides is 1. The van der Waals surface area contributed by atoms with Crippen molar-refractivity contribution < 1.29 is 14.1 Å². The van der Waals surface area contributed by atoms with Gasteiger partial charge in [-0.05, 0) is 30.3 Å². The summed E-state index contributed by atoms with van der Waals surface area (Å²) in [7, 11) is 0. The fourth-order valence-corrected chi connectivity index (χ4v) is 2.81. The third kappa shape index (κ3) is 5.00. The highest BCUT2D eigenvalue weighted by molar-refractivity contribution is 6.31. The number of H-pyrrole nitrogens is 1. The van der Waals surface area contributed by atoms with Crippen molar-refractivity contribution in [3.8, 4) is 17.4 Å². The average Bonchev–Trinajstić information content (AvgIpc) is 3.45. The van der Waals surface area contributed by atoms with Gasteiger partial charge in [0.25, 0.3) is 0 Å². The van der Waals surface area contributed by atoms with Crippen molar-refractivity contribution in [2.75, 3.05) is 5.32 Å².